The van der Waals surface area contributed by atoms with Gasteiger partial charge in [0.2, 0.25) is 0 Å². The Morgan fingerprint density at radius 3 is 2.56 bits per heavy atom. The highest BCUT2D eigenvalue weighted by Crippen LogP contribution is 2.34. The first kappa shape index (κ1) is 14.5. The van der Waals surface area contributed by atoms with E-state index in [2.05, 4.69) is 4.74 Å². The van der Waals surface area contributed by atoms with E-state index in [0.29, 0.717) is 0 Å². The molecular weight excluding hydrogens is 247 g/mol. The van der Waals surface area contributed by atoms with Crippen molar-refractivity contribution in [1.29, 1.82) is 0 Å². The average molecular weight is 261 g/mol. The Hall–Kier alpha value is -1.56. The topological polar surface area (TPSA) is 52.3 Å². The van der Waals surface area contributed by atoms with E-state index in [9.17, 15) is 18.0 Å². The Bertz CT molecular complexity index is 418. The highest BCUT2D eigenvalue weighted by atomic mass is 19.4. The molecule has 1 aromatic rings. The van der Waals surface area contributed by atoms with Gasteiger partial charge in [-0.2, -0.15) is 13.2 Å². The van der Waals surface area contributed by atoms with Gasteiger partial charge in [0.1, 0.15) is 0 Å². The van der Waals surface area contributed by atoms with Gasteiger partial charge in [-0.1, -0.05) is 18.2 Å². The van der Waals surface area contributed by atoms with E-state index in [0.717, 1.165) is 6.07 Å². The molecule has 0 amide bonds. The van der Waals surface area contributed by atoms with E-state index in [1.165, 1.54) is 18.2 Å². The number of hydrogen-bond acceptors (Lipinski definition) is 3. The predicted molar refractivity (Wildman–Crippen MR) is 59.6 cm³/mol. The lowest BCUT2D eigenvalue weighted by molar-refractivity contribution is -0.144. The molecule has 0 aliphatic heterocycles. The standard InChI is InChI=1S/C12H14F3NO2/c1-2-18-11(17)7-10(16)8-5-3-4-6-9(8)12(13,14)15/h3-6,10H,2,7,16H2,1H3/t10-/m1/s1. The van der Waals surface area contributed by atoms with Crippen LogP contribution < -0.4 is 5.73 Å². The molecule has 0 aliphatic rings. The summed E-state index contributed by atoms with van der Waals surface area (Å²) < 4.78 is 42.8. The minimum absolute atomic E-state index is 0.0990. The van der Waals surface area contributed by atoms with Crippen LogP contribution in [0.4, 0.5) is 13.2 Å². The number of hydrogen-bond donors (Lipinski definition) is 1. The molecule has 1 aromatic carbocycles. The molecular formula is C12H14F3NO2. The molecule has 0 heterocycles. The molecule has 0 radical (unpaired) electrons. The second kappa shape index (κ2) is 5.86. The third-order valence-electron chi connectivity index (χ3n) is 2.36. The zero-order chi connectivity index (χ0) is 13.8. The molecule has 0 bridgehead atoms. The molecule has 100 valence electrons. The number of rotatable bonds is 4. The molecule has 18 heavy (non-hydrogen) atoms. The number of nitrogens with two attached hydrogens (primary N) is 1. The van der Waals surface area contributed by atoms with Gasteiger partial charge in [-0.3, -0.25) is 4.79 Å². The first-order chi connectivity index (χ1) is 8.36. The van der Waals surface area contributed by atoms with E-state index in [4.69, 9.17) is 5.73 Å². The van der Waals surface area contributed by atoms with Gasteiger partial charge in [0.05, 0.1) is 18.6 Å². The number of ether oxygens (including phenoxy) is 1. The maximum Gasteiger partial charge on any atom is 0.416 e. The average Bonchev–Trinajstić information content (AvgIpc) is 2.28. The fourth-order valence-electron chi connectivity index (χ4n) is 1.59. The van der Waals surface area contributed by atoms with Crippen LogP contribution in [0.3, 0.4) is 0 Å². The third-order valence-corrected chi connectivity index (χ3v) is 2.36. The van der Waals surface area contributed by atoms with E-state index in [-0.39, 0.29) is 18.6 Å². The second-order valence-electron chi connectivity index (χ2n) is 3.70. The highest BCUT2D eigenvalue weighted by molar-refractivity contribution is 5.70. The maximum absolute atomic E-state index is 12.7. The minimum Gasteiger partial charge on any atom is -0.466 e. The first-order valence-electron chi connectivity index (χ1n) is 5.43. The van der Waals surface area contributed by atoms with E-state index in [1.807, 2.05) is 0 Å². The summed E-state index contributed by atoms with van der Waals surface area (Å²) in [6.45, 7) is 1.79. The summed E-state index contributed by atoms with van der Waals surface area (Å²) >= 11 is 0. The Morgan fingerprint density at radius 1 is 1.39 bits per heavy atom. The van der Waals surface area contributed by atoms with Crippen molar-refractivity contribution in [3.63, 3.8) is 0 Å². The predicted octanol–water partition coefficient (Wildman–Crippen LogP) is 2.66. The molecule has 0 saturated heterocycles. The summed E-state index contributed by atoms with van der Waals surface area (Å²) in [5.41, 5.74) is 4.71. The summed E-state index contributed by atoms with van der Waals surface area (Å²) in [5, 5.41) is 0. The van der Waals surface area contributed by atoms with Crippen molar-refractivity contribution in [2.75, 3.05) is 6.61 Å². The van der Waals surface area contributed by atoms with Gasteiger partial charge in [-0.05, 0) is 18.6 Å². The van der Waals surface area contributed by atoms with Crippen molar-refractivity contribution in [3.05, 3.63) is 35.4 Å². The fourth-order valence-corrected chi connectivity index (χ4v) is 1.59. The summed E-state index contributed by atoms with van der Waals surface area (Å²) in [6.07, 6.45) is -4.76. The maximum atomic E-state index is 12.7. The number of benzene rings is 1. The molecule has 0 spiro atoms. The van der Waals surface area contributed by atoms with Crippen molar-refractivity contribution in [3.8, 4) is 0 Å². The van der Waals surface area contributed by atoms with Crippen LogP contribution >= 0.6 is 0 Å². The van der Waals surface area contributed by atoms with Gasteiger partial charge < -0.3 is 10.5 Å². The lowest BCUT2D eigenvalue weighted by Crippen LogP contribution is -2.21. The molecule has 0 fully saturated rings. The SMILES string of the molecule is CCOC(=O)C[C@@H](N)c1ccccc1C(F)(F)F. The van der Waals surface area contributed by atoms with Gasteiger partial charge in [0.25, 0.3) is 0 Å². The van der Waals surface area contributed by atoms with E-state index in [1.54, 1.807) is 6.92 Å². The van der Waals surface area contributed by atoms with Gasteiger partial charge in [-0.15, -0.1) is 0 Å². The Morgan fingerprint density at radius 2 is 2.00 bits per heavy atom. The van der Waals surface area contributed by atoms with Crippen LogP contribution in [0.2, 0.25) is 0 Å². The zero-order valence-electron chi connectivity index (χ0n) is 9.83. The molecule has 0 saturated carbocycles. The van der Waals surface area contributed by atoms with Crippen molar-refractivity contribution in [2.24, 2.45) is 5.73 Å². The Kier molecular flexibility index (Phi) is 4.72. The summed E-state index contributed by atoms with van der Waals surface area (Å²) in [4.78, 5) is 11.2. The zero-order valence-corrected chi connectivity index (χ0v) is 9.83. The molecule has 6 heteroatoms. The smallest absolute Gasteiger partial charge is 0.416 e. The van der Waals surface area contributed by atoms with Crippen LogP contribution in [0.15, 0.2) is 24.3 Å². The number of carbonyl (C=O) groups is 1. The number of halogens is 3. The van der Waals surface area contributed by atoms with Crippen molar-refractivity contribution >= 4 is 5.97 Å². The third kappa shape index (κ3) is 3.73. The van der Waals surface area contributed by atoms with E-state index < -0.39 is 23.8 Å². The fraction of sp³-hybridized carbons (Fsp3) is 0.417. The summed E-state index contributed by atoms with van der Waals surface area (Å²) in [5.74, 6) is -0.609. The van der Waals surface area contributed by atoms with Crippen LogP contribution in [-0.4, -0.2) is 12.6 Å². The summed E-state index contributed by atoms with van der Waals surface area (Å²) in [6, 6.07) is 3.92. The van der Waals surface area contributed by atoms with Crippen LogP contribution in [0.5, 0.6) is 0 Å². The van der Waals surface area contributed by atoms with Crippen LogP contribution in [0, 0.1) is 0 Å². The number of carbonyl (C=O) groups excluding carboxylic acids is 1. The quantitative estimate of drug-likeness (QED) is 0.848. The Labute approximate surface area is 103 Å². The molecule has 0 aliphatic carbocycles. The van der Waals surface area contributed by atoms with E-state index >= 15 is 0 Å². The van der Waals surface area contributed by atoms with Crippen molar-refractivity contribution in [1.82, 2.24) is 0 Å². The van der Waals surface area contributed by atoms with Gasteiger partial charge in [-0.25, -0.2) is 0 Å². The molecule has 3 nitrogen and oxygen atoms in total. The monoisotopic (exact) mass is 261 g/mol. The molecule has 1 rings (SSSR count). The van der Waals surface area contributed by atoms with Gasteiger partial charge in [0, 0.05) is 6.04 Å². The van der Waals surface area contributed by atoms with Crippen LogP contribution in [-0.2, 0) is 15.7 Å². The van der Waals surface area contributed by atoms with Crippen molar-refractivity contribution < 1.29 is 22.7 Å². The van der Waals surface area contributed by atoms with Gasteiger partial charge >= 0.3 is 12.1 Å². The Balaban J connectivity index is 2.92. The number of esters is 1. The second-order valence-corrected chi connectivity index (χ2v) is 3.70. The molecule has 0 unspecified atom stereocenters. The van der Waals surface area contributed by atoms with Crippen LogP contribution in [0.1, 0.15) is 30.5 Å². The lowest BCUT2D eigenvalue weighted by Gasteiger charge is -2.17. The largest absolute Gasteiger partial charge is 0.466 e. The normalized spacial score (nSPS) is 13.2. The molecule has 0 aromatic heterocycles. The minimum atomic E-state index is -4.48. The lowest BCUT2D eigenvalue weighted by atomic mass is 9.98. The van der Waals surface area contributed by atoms with Crippen LogP contribution in [0.25, 0.3) is 0 Å². The van der Waals surface area contributed by atoms with Crippen molar-refractivity contribution in [2.45, 2.75) is 25.6 Å². The molecule has 2 N–H and O–H groups in total. The van der Waals surface area contributed by atoms with Gasteiger partial charge in [0.15, 0.2) is 0 Å². The molecule has 1 atom stereocenters. The summed E-state index contributed by atoms with van der Waals surface area (Å²) in [7, 11) is 0. The first-order valence-corrected chi connectivity index (χ1v) is 5.43. The highest BCUT2D eigenvalue weighted by Gasteiger charge is 2.34. The number of alkyl halides is 3.